The Morgan fingerprint density at radius 3 is 1.31 bits per heavy atom. The van der Waals surface area contributed by atoms with Crippen LogP contribution in [-0.4, -0.2) is 133 Å². The Kier molecular flexibility index (Phi) is 23.8. The zero-order valence-corrected chi connectivity index (χ0v) is 43.8. The molecule has 0 atom stereocenters. The van der Waals surface area contributed by atoms with Crippen molar-refractivity contribution in [1.29, 1.82) is 5.26 Å². The molecule has 4 aliphatic heterocycles. The zero-order valence-electron chi connectivity index (χ0n) is 43.0. The van der Waals surface area contributed by atoms with E-state index in [4.69, 9.17) is 39.5 Å². The van der Waals surface area contributed by atoms with Gasteiger partial charge in [0.25, 0.3) is 0 Å². The quantitative estimate of drug-likeness (QED) is 0.0830. The summed E-state index contributed by atoms with van der Waals surface area (Å²) in [6, 6.07) is 2.23. The molecule has 20 nitrogen and oxygen atoms in total. The molecule has 2 aromatic heterocycles. The van der Waals surface area contributed by atoms with Crippen molar-refractivity contribution < 1.29 is 42.8 Å². The Balaban J connectivity index is 0.000000313. The van der Waals surface area contributed by atoms with Crippen molar-refractivity contribution in [2.45, 2.75) is 182 Å². The summed E-state index contributed by atoms with van der Waals surface area (Å²) in [6.45, 7) is 30.8. The van der Waals surface area contributed by atoms with Gasteiger partial charge in [-0.15, -0.1) is 12.4 Å². The molecule has 68 heavy (non-hydrogen) atoms. The number of nitrogens with zero attached hydrogens (tertiary/aromatic N) is 9. The first-order valence-corrected chi connectivity index (χ1v) is 24.0. The lowest BCUT2D eigenvalue weighted by molar-refractivity contribution is 0.0189. The number of oxime groups is 1. The molecule has 6 heterocycles. The number of aromatic nitrogens is 4. The first-order chi connectivity index (χ1) is 31.3. The second-order valence-corrected chi connectivity index (χ2v) is 21.2. The number of hydrogen-bond donors (Lipinski definition) is 3. The van der Waals surface area contributed by atoms with E-state index in [2.05, 4.69) is 50.7 Å². The maximum Gasteiger partial charge on any atom is 0.410 e. The van der Waals surface area contributed by atoms with Crippen molar-refractivity contribution in [2.24, 2.45) is 22.7 Å². The Morgan fingerprint density at radius 2 is 1.00 bits per heavy atom. The van der Waals surface area contributed by atoms with Crippen LogP contribution >= 0.6 is 12.4 Å². The number of amides is 3. The van der Waals surface area contributed by atoms with E-state index in [1.807, 2.05) is 76.2 Å². The standard InChI is InChI=1S/C15H25N3O3.C11H21N3O3.C11H18N2O2.C10H17N3O.ClH/c1-10(2)13-16-12(17-21-13)11-6-8-18(9-7-11)14(19)20-15(3,4)5;1-11(2,3)17-10(15)14-6-4-8(5-7-14)9(12)13-16;1-11(2,3)15-10(14)13-6-4-9(8-12)5-7-13;1-7(2)10-12-9(13-14-10)8-3-5-11-6-4-8;/h10-11H,6-9H2,1-5H3;8,16H,4-7H2,1-3H3,(H2,12,13);9H,4-7H2,1-3H3;7-8,11H,3-6H2,1-2H3;1H. The third-order valence-electron chi connectivity index (χ3n) is 11.1. The van der Waals surface area contributed by atoms with E-state index in [1.165, 1.54) is 0 Å². The Morgan fingerprint density at radius 1 is 0.662 bits per heavy atom. The molecule has 0 radical (unpaired) electrons. The van der Waals surface area contributed by atoms with Gasteiger partial charge in [-0.25, -0.2) is 14.4 Å². The molecule has 0 aliphatic carbocycles. The van der Waals surface area contributed by atoms with Crippen LogP contribution in [0.2, 0.25) is 0 Å². The second-order valence-electron chi connectivity index (χ2n) is 21.2. The molecule has 21 heteroatoms. The number of carbonyl (C=O) groups excluding carboxylic acids is 3. The average molecular weight is 981 g/mol. The van der Waals surface area contributed by atoms with Crippen LogP contribution in [0.1, 0.15) is 188 Å². The molecule has 0 aromatic carbocycles. The van der Waals surface area contributed by atoms with Gasteiger partial charge in [-0.05, 0) is 127 Å². The molecule has 4 N–H and O–H groups in total. The number of nitrogens with one attached hydrogen (secondary N) is 1. The summed E-state index contributed by atoms with van der Waals surface area (Å²) >= 11 is 0. The second kappa shape index (κ2) is 27.3. The maximum absolute atomic E-state index is 12.0. The van der Waals surface area contributed by atoms with Crippen LogP contribution in [0, 0.1) is 23.2 Å². The van der Waals surface area contributed by atoms with Crippen LogP contribution in [0.3, 0.4) is 0 Å². The van der Waals surface area contributed by atoms with Crippen molar-refractivity contribution in [3.63, 3.8) is 0 Å². The van der Waals surface area contributed by atoms with Crippen molar-refractivity contribution in [1.82, 2.24) is 40.3 Å². The Labute approximate surface area is 410 Å². The summed E-state index contributed by atoms with van der Waals surface area (Å²) in [6.07, 6.45) is 6.06. The number of rotatable bonds is 5. The first-order valence-electron chi connectivity index (χ1n) is 24.0. The number of nitrogens with two attached hydrogens (primary N) is 1. The smallest absolute Gasteiger partial charge is 0.410 e. The molecule has 4 saturated heterocycles. The summed E-state index contributed by atoms with van der Waals surface area (Å²) < 4.78 is 26.4. The number of piperidine rings is 4. The van der Waals surface area contributed by atoms with Gasteiger partial charge in [-0.3, -0.25) is 0 Å². The number of hydrogen-bond acceptors (Lipinski definition) is 16. The number of likely N-dealkylation sites (tertiary alicyclic amines) is 3. The van der Waals surface area contributed by atoms with Gasteiger partial charge in [-0.1, -0.05) is 43.2 Å². The van der Waals surface area contributed by atoms with Gasteiger partial charge in [0.05, 0.1) is 6.07 Å². The predicted octanol–water partition coefficient (Wildman–Crippen LogP) is 8.93. The fourth-order valence-electron chi connectivity index (χ4n) is 7.31. The van der Waals surface area contributed by atoms with Gasteiger partial charge in [-0.2, -0.15) is 15.2 Å². The first kappa shape index (κ1) is 59.2. The summed E-state index contributed by atoms with van der Waals surface area (Å²) in [4.78, 5) is 49.4. The fraction of sp³-hybridized carbons (Fsp3) is 0.809. The molecule has 2 aromatic rings. The largest absolute Gasteiger partial charge is 0.444 e. The van der Waals surface area contributed by atoms with E-state index in [9.17, 15) is 14.4 Å². The minimum Gasteiger partial charge on any atom is -0.444 e. The lowest BCUT2D eigenvalue weighted by atomic mass is 9.96. The predicted molar refractivity (Wildman–Crippen MR) is 259 cm³/mol. The van der Waals surface area contributed by atoms with Crippen molar-refractivity contribution in [3.05, 3.63) is 23.4 Å². The highest BCUT2D eigenvalue weighted by Crippen LogP contribution is 2.29. The average Bonchev–Trinajstić information content (AvgIpc) is 3.98. The summed E-state index contributed by atoms with van der Waals surface area (Å²) in [5.41, 5.74) is 4.17. The SMILES string of the molecule is CC(C)(C)OC(=O)N1CCC(C#N)CC1.CC(C)(C)OC(=O)N1CCC(C(N)=NO)CC1.CC(C)c1nc(C2CCN(C(=O)OC(C)(C)C)CC2)no1.CC(C)c1nc(C2CCNCC2)no1.Cl. The third-order valence-corrected chi connectivity index (χ3v) is 11.1. The molecule has 0 unspecified atom stereocenters. The molecule has 0 spiro atoms. The number of amidine groups is 1. The van der Waals surface area contributed by atoms with Crippen molar-refractivity contribution in [3.8, 4) is 6.07 Å². The minimum absolute atomic E-state index is 0. The van der Waals surface area contributed by atoms with Crippen LogP contribution in [0.25, 0.3) is 0 Å². The zero-order chi connectivity index (χ0) is 50.1. The molecule has 386 valence electrons. The topological polar surface area (TPSA) is 261 Å². The fourth-order valence-corrected chi connectivity index (χ4v) is 7.31. The molecule has 0 saturated carbocycles. The highest BCUT2D eigenvalue weighted by atomic mass is 35.5. The number of nitriles is 1. The highest BCUT2D eigenvalue weighted by Gasteiger charge is 2.31. The van der Waals surface area contributed by atoms with Crippen LogP contribution in [0.4, 0.5) is 14.4 Å². The molecule has 3 amide bonds. The molecule has 4 fully saturated rings. The maximum atomic E-state index is 12.0. The van der Waals surface area contributed by atoms with Crippen LogP contribution in [0.15, 0.2) is 14.2 Å². The summed E-state index contributed by atoms with van der Waals surface area (Å²) in [5, 5.41) is 31.7. The summed E-state index contributed by atoms with van der Waals surface area (Å²) in [7, 11) is 0. The number of carbonyl (C=O) groups is 3. The van der Waals surface area contributed by atoms with Crippen LogP contribution < -0.4 is 11.1 Å². The van der Waals surface area contributed by atoms with Crippen molar-refractivity contribution >= 4 is 36.5 Å². The van der Waals surface area contributed by atoms with E-state index >= 15 is 0 Å². The molecular formula is C47H82ClN11O9. The minimum atomic E-state index is -0.473. The van der Waals surface area contributed by atoms with Gasteiger partial charge in [0.1, 0.15) is 22.6 Å². The van der Waals surface area contributed by atoms with E-state index < -0.39 is 16.8 Å². The van der Waals surface area contributed by atoms with Gasteiger partial charge in [0.2, 0.25) is 11.8 Å². The van der Waals surface area contributed by atoms with Crippen LogP contribution in [0.5, 0.6) is 0 Å². The monoisotopic (exact) mass is 980 g/mol. The van der Waals surface area contributed by atoms with Gasteiger partial charge >= 0.3 is 18.3 Å². The Hall–Kier alpha value is -4.90. The number of ether oxygens (including phenoxy) is 3. The third kappa shape index (κ3) is 21.2. The van der Waals surface area contributed by atoms with E-state index in [1.54, 1.807) is 14.7 Å². The van der Waals surface area contributed by atoms with E-state index in [0.29, 0.717) is 69.8 Å². The van der Waals surface area contributed by atoms with Crippen molar-refractivity contribution in [2.75, 3.05) is 52.4 Å². The van der Waals surface area contributed by atoms with Crippen LogP contribution in [-0.2, 0) is 14.2 Å². The highest BCUT2D eigenvalue weighted by molar-refractivity contribution is 5.85. The molecular weight excluding hydrogens is 898 g/mol. The number of halogens is 1. The van der Waals surface area contributed by atoms with Gasteiger partial charge in [0.15, 0.2) is 11.6 Å². The normalized spacial score (nSPS) is 18.1. The molecule has 4 aliphatic rings. The lowest BCUT2D eigenvalue weighted by Crippen LogP contribution is -2.44. The van der Waals surface area contributed by atoms with E-state index in [-0.39, 0.29) is 60.2 Å². The molecule has 6 rings (SSSR count). The summed E-state index contributed by atoms with van der Waals surface area (Å²) in [5.74, 6) is 4.84. The molecule has 0 bridgehead atoms. The Bertz CT molecular complexity index is 1880. The van der Waals surface area contributed by atoms with E-state index in [0.717, 1.165) is 69.2 Å². The van der Waals surface area contributed by atoms with Gasteiger partial charge in [0, 0.05) is 74.8 Å². The van der Waals surface area contributed by atoms with Gasteiger partial charge < -0.3 is 54.2 Å². The lowest BCUT2D eigenvalue weighted by Gasteiger charge is -2.32.